The van der Waals surface area contributed by atoms with Crippen molar-refractivity contribution in [3.8, 4) is 0 Å². The van der Waals surface area contributed by atoms with Crippen LogP contribution >= 0.6 is 11.6 Å². The predicted molar refractivity (Wildman–Crippen MR) is 203 cm³/mol. The summed E-state index contributed by atoms with van der Waals surface area (Å²) in [5.74, 6) is 0. The molecule has 0 N–H and O–H groups in total. The number of hydrogen-bond donors (Lipinski definition) is 0. The average Bonchev–Trinajstić information content (AvgIpc) is 3.66. The van der Waals surface area contributed by atoms with Crippen LogP contribution in [0.15, 0.2) is 155 Å². The summed E-state index contributed by atoms with van der Waals surface area (Å²) in [6.07, 6.45) is 34.1. The molecule has 0 spiro atoms. The summed E-state index contributed by atoms with van der Waals surface area (Å²) in [5, 5.41) is 0.748. The summed E-state index contributed by atoms with van der Waals surface area (Å²) < 4.78 is 0. The van der Waals surface area contributed by atoms with Gasteiger partial charge < -0.3 is 0 Å². The number of hydrogen-bond acceptors (Lipinski definition) is 0. The van der Waals surface area contributed by atoms with Gasteiger partial charge in [-0.05, 0) is 69.7 Å². The van der Waals surface area contributed by atoms with E-state index in [1.807, 2.05) is 6.07 Å². The Morgan fingerprint density at radius 1 is 0.688 bits per heavy atom. The molecule has 2 aromatic rings. The fourth-order valence-corrected chi connectivity index (χ4v) is 12.0. The van der Waals surface area contributed by atoms with Gasteiger partial charge in [-0.1, -0.05) is 187 Å². The molecular formula is C47H47Cl. The van der Waals surface area contributed by atoms with E-state index in [0.717, 1.165) is 17.0 Å². The van der Waals surface area contributed by atoms with Crippen molar-refractivity contribution in [2.75, 3.05) is 0 Å². The third-order valence-electron chi connectivity index (χ3n) is 15.4. The topological polar surface area (TPSA) is 0 Å². The minimum atomic E-state index is -0.312. The fourth-order valence-electron chi connectivity index (χ4n) is 11.9. The molecule has 7 atom stereocenters. The minimum Gasteiger partial charge on any atom is -0.0843 e. The Balaban J connectivity index is 1.51. The number of fused-ring (bicyclic) bond motifs is 8. The van der Waals surface area contributed by atoms with E-state index < -0.39 is 0 Å². The first-order chi connectivity index (χ1) is 22.7. The van der Waals surface area contributed by atoms with Crippen LogP contribution in [-0.2, 0) is 0 Å². The van der Waals surface area contributed by atoms with Crippen LogP contribution in [0.5, 0.6) is 0 Å². The second-order valence-corrected chi connectivity index (χ2v) is 16.7. The summed E-state index contributed by atoms with van der Waals surface area (Å²) in [6.45, 7) is 20.3. The molecule has 0 saturated heterocycles. The standard InChI is InChI=1S/C47H47Cl/c1-32-39(33-21-12-13-22-33)38(40(34-19-10-9-11-20-34)35-23-18-24-37(48)29-35)30-36-31-45(6)43(4)27-15-14-25-41(43,2)42(3)26-16-17-28-44(42,5)47(45,8)46(32,36)7/h9-21,23-30H,22H2,1-8H3. The van der Waals surface area contributed by atoms with E-state index in [1.165, 1.54) is 39.0 Å². The van der Waals surface area contributed by atoms with Crippen molar-refractivity contribution in [3.05, 3.63) is 178 Å². The lowest BCUT2D eigenvalue weighted by atomic mass is 9.24. The molecule has 7 unspecified atom stereocenters. The van der Waals surface area contributed by atoms with Crippen LogP contribution in [0, 0.1) is 44.3 Å². The first-order valence-electron chi connectivity index (χ1n) is 17.6. The second kappa shape index (κ2) is 9.98. The van der Waals surface area contributed by atoms with Crippen molar-refractivity contribution < 1.29 is 0 Å². The quantitative estimate of drug-likeness (QED) is 0.311. The zero-order valence-corrected chi connectivity index (χ0v) is 30.5. The molecule has 0 aromatic heterocycles. The SMILES string of the molecule is CC1=C(C2=CC=CC2)C(=C(c2ccccc2)c2cccc(Cl)c2)C=C2[C]C3(C)C4(C)C=CC=CC4(C)C4(C)C=CC=CC4(C)C3(C)C21C. The second-order valence-electron chi connectivity index (χ2n) is 16.3. The largest absolute Gasteiger partial charge is 0.0843 e. The maximum absolute atomic E-state index is 6.72. The maximum Gasteiger partial charge on any atom is 0.0412 e. The number of halogens is 1. The summed E-state index contributed by atoms with van der Waals surface area (Å²) >= 11 is 6.72. The first-order valence-corrected chi connectivity index (χ1v) is 18.0. The minimum absolute atomic E-state index is 0.149. The molecule has 2 radical (unpaired) electrons. The Kier molecular flexibility index (Phi) is 6.58. The molecular weight excluding hydrogens is 600 g/mol. The molecule has 0 amide bonds. The van der Waals surface area contributed by atoms with Crippen molar-refractivity contribution >= 4 is 17.2 Å². The van der Waals surface area contributed by atoms with E-state index in [2.05, 4.69) is 183 Å². The zero-order chi connectivity index (χ0) is 34.0. The van der Waals surface area contributed by atoms with Gasteiger partial charge in [0, 0.05) is 38.5 Å². The van der Waals surface area contributed by atoms with Crippen LogP contribution < -0.4 is 0 Å². The van der Waals surface area contributed by atoms with Gasteiger partial charge in [0.05, 0.1) is 0 Å². The summed E-state index contributed by atoms with van der Waals surface area (Å²) in [6, 6.07) is 19.3. The molecule has 1 heteroatoms. The third kappa shape index (κ3) is 3.34. The molecule has 6 aliphatic rings. The Morgan fingerprint density at radius 3 is 1.92 bits per heavy atom. The summed E-state index contributed by atoms with van der Waals surface area (Å²) in [4.78, 5) is 0. The molecule has 242 valence electrons. The Bertz CT molecular complexity index is 2040. The van der Waals surface area contributed by atoms with Gasteiger partial charge >= 0.3 is 0 Å². The van der Waals surface area contributed by atoms with Crippen molar-refractivity contribution in [1.82, 2.24) is 0 Å². The lowest BCUT2D eigenvalue weighted by Crippen LogP contribution is -2.75. The van der Waals surface area contributed by atoms with E-state index in [1.54, 1.807) is 0 Å². The predicted octanol–water partition coefficient (Wildman–Crippen LogP) is 12.7. The van der Waals surface area contributed by atoms with Gasteiger partial charge in [0.2, 0.25) is 0 Å². The normalized spacial score (nSPS) is 41.4. The Morgan fingerprint density at radius 2 is 1.29 bits per heavy atom. The molecule has 8 rings (SSSR count). The van der Waals surface area contributed by atoms with Gasteiger partial charge in [-0.15, -0.1) is 0 Å². The highest BCUT2D eigenvalue weighted by Gasteiger charge is 2.84. The molecule has 0 nitrogen and oxygen atoms in total. The highest BCUT2D eigenvalue weighted by atomic mass is 35.5. The Labute approximate surface area is 293 Å². The van der Waals surface area contributed by atoms with Crippen LogP contribution in [0.1, 0.15) is 72.9 Å². The molecule has 2 aromatic carbocycles. The van der Waals surface area contributed by atoms with E-state index >= 15 is 0 Å². The van der Waals surface area contributed by atoms with Gasteiger partial charge in [0.15, 0.2) is 0 Å². The van der Waals surface area contributed by atoms with Crippen LogP contribution in [-0.4, -0.2) is 0 Å². The molecule has 0 heterocycles. The lowest BCUT2D eigenvalue weighted by molar-refractivity contribution is -0.253. The molecule has 2 saturated carbocycles. The molecule has 6 aliphatic carbocycles. The molecule has 2 fully saturated rings. The van der Waals surface area contributed by atoms with Crippen molar-refractivity contribution in [2.45, 2.75) is 61.8 Å². The van der Waals surface area contributed by atoms with Crippen LogP contribution in [0.3, 0.4) is 0 Å². The van der Waals surface area contributed by atoms with Gasteiger partial charge in [-0.25, -0.2) is 0 Å². The van der Waals surface area contributed by atoms with Crippen LogP contribution in [0.25, 0.3) is 5.57 Å². The Hall–Kier alpha value is -3.61. The smallest absolute Gasteiger partial charge is 0.0412 e. The molecule has 0 bridgehead atoms. The van der Waals surface area contributed by atoms with Gasteiger partial charge in [0.1, 0.15) is 0 Å². The maximum atomic E-state index is 6.72. The van der Waals surface area contributed by atoms with Gasteiger partial charge in [0.25, 0.3) is 0 Å². The first kappa shape index (κ1) is 31.6. The van der Waals surface area contributed by atoms with Crippen molar-refractivity contribution in [2.24, 2.45) is 37.9 Å². The van der Waals surface area contributed by atoms with Crippen LogP contribution in [0.2, 0.25) is 5.02 Å². The van der Waals surface area contributed by atoms with E-state index in [-0.39, 0.29) is 37.9 Å². The summed E-state index contributed by atoms with van der Waals surface area (Å²) in [5.41, 5.74) is 8.75. The molecule has 48 heavy (non-hydrogen) atoms. The number of allylic oxidation sites excluding steroid dienone is 17. The van der Waals surface area contributed by atoms with E-state index in [4.69, 9.17) is 11.6 Å². The highest BCUT2D eigenvalue weighted by Crippen LogP contribution is 2.89. The molecule has 0 aliphatic heterocycles. The van der Waals surface area contributed by atoms with Crippen LogP contribution in [0.4, 0.5) is 0 Å². The third-order valence-corrected chi connectivity index (χ3v) is 15.6. The zero-order valence-electron chi connectivity index (χ0n) is 29.7. The van der Waals surface area contributed by atoms with Crippen molar-refractivity contribution in [1.29, 1.82) is 0 Å². The monoisotopic (exact) mass is 646 g/mol. The van der Waals surface area contributed by atoms with Crippen molar-refractivity contribution in [3.63, 3.8) is 0 Å². The van der Waals surface area contributed by atoms with E-state index in [0.29, 0.717) is 0 Å². The number of benzene rings is 2. The van der Waals surface area contributed by atoms with Gasteiger partial charge in [-0.3, -0.25) is 0 Å². The summed E-state index contributed by atoms with van der Waals surface area (Å²) in [7, 11) is 0. The fraction of sp³-hybridized carbons (Fsp3) is 0.340. The highest BCUT2D eigenvalue weighted by molar-refractivity contribution is 6.30. The van der Waals surface area contributed by atoms with E-state index in [9.17, 15) is 0 Å². The van der Waals surface area contributed by atoms with Gasteiger partial charge in [-0.2, -0.15) is 0 Å². The number of rotatable bonds is 3. The lowest BCUT2D eigenvalue weighted by Gasteiger charge is -2.79. The average molecular weight is 647 g/mol.